The lowest BCUT2D eigenvalue weighted by Crippen LogP contribution is -2.28. The second kappa shape index (κ2) is 5.25. The topological polar surface area (TPSA) is 57.0 Å². The van der Waals surface area contributed by atoms with Gasteiger partial charge >= 0.3 is 5.97 Å². The molecule has 1 aliphatic rings. The van der Waals surface area contributed by atoms with Gasteiger partial charge in [0.15, 0.2) is 11.0 Å². The number of ether oxygens (including phenoxy) is 1. The molecule has 1 aliphatic heterocycles. The smallest absolute Gasteiger partial charge is 0.310 e. The first-order valence-electron chi connectivity index (χ1n) is 6.45. The fraction of sp³-hybridized carbons (Fsp3) is 0.357. The van der Waals surface area contributed by atoms with E-state index in [2.05, 4.69) is 9.97 Å². The molecule has 0 aromatic carbocycles. The molecule has 1 unspecified atom stereocenters. The third kappa shape index (κ3) is 2.18. The van der Waals surface area contributed by atoms with Crippen molar-refractivity contribution in [3.63, 3.8) is 0 Å². The summed E-state index contributed by atoms with van der Waals surface area (Å²) in [6.07, 6.45) is 3.17. The van der Waals surface area contributed by atoms with E-state index in [1.165, 1.54) is 7.11 Å². The van der Waals surface area contributed by atoms with E-state index >= 15 is 0 Å². The Morgan fingerprint density at radius 1 is 1.50 bits per heavy atom. The molecule has 2 aromatic heterocycles. The summed E-state index contributed by atoms with van der Waals surface area (Å²) in [5, 5.41) is 0.494. The van der Waals surface area contributed by atoms with Gasteiger partial charge < -0.3 is 9.30 Å². The minimum absolute atomic E-state index is 0.153. The van der Waals surface area contributed by atoms with Crippen molar-refractivity contribution in [2.75, 3.05) is 7.11 Å². The van der Waals surface area contributed by atoms with Gasteiger partial charge in [0.25, 0.3) is 0 Å². The predicted octanol–water partition coefficient (Wildman–Crippen LogP) is 2.33. The Balaban J connectivity index is 2.01. The zero-order chi connectivity index (χ0) is 14.1. The van der Waals surface area contributed by atoms with E-state index < -0.39 is 0 Å². The average molecular weight is 292 g/mol. The number of aromatic nitrogens is 3. The molecule has 6 heteroatoms. The molecule has 0 aliphatic carbocycles. The quantitative estimate of drug-likeness (QED) is 0.797. The molecule has 20 heavy (non-hydrogen) atoms. The summed E-state index contributed by atoms with van der Waals surface area (Å²) in [5.74, 6) is 0.367. The van der Waals surface area contributed by atoms with Gasteiger partial charge in [-0.3, -0.25) is 9.78 Å². The Kier molecular flexibility index (Phi) is 3.44. The normalized spacial score (nSPS) is 17.6. The fourth-order valence-corrected chi connectivity index (χ4v) is 2.84. The summed E-state index contributed by atoms with van der Waals surface area (Å²) in [6, 6.07) is 5.63. The molecular formula is C14H14ClN3O2. The molecular weight excluding hydrogens is 278 g/mol. The van der Waals surface area contributed by atoms with Crippen LogP contribution in [-0.4, -0.2) is 27.6 Å². The second-order valence-electron chi connectivity index (χ2n) is 4.76. The van der Waals surface area contributed by atoms with Gasteiger partial charge in [-0.25, -0.2) is 4.98 Å². The van der Waals surface area contributed by atoms with Gasteiger partial charge in [0.1, 0.15) is 5.69 Å². The standard InChI is InChI=1S/C14H14ClN3O2/c1-20-14(19)9-5-6-11-12(15)17-13(18(11)8-9)10-4-2-3-7-16-10/h2-4,7,9H,5-6,8H2,1H3. The Morgan fingerprint density at radius 3 is 3.05 bits per heavy atom. The number of nitrogens with zero attached hydrogens (tertiary/aromatic N) is 3. The maximum atomic E-state index is 11.7. The van der Waals surface area contributed by atoms with Crippen LogP contribution >= 0.6 is 11.6 Å². The molecule has 0 radical (unpaired) electrons. The Bertz CT molecular complexity index is 639. The number of rotatable bonds is 2. The highest BCUT2D eigenvalue weighted by atomic mass is 35.5. The van der Waals surface area contributed by atoms with Crippen LogP contribution in [0.1, 0.15) is 12.1 Å². The number of methoxy groups -OCH3 is 1. The van der Waals surface area contributed by atoms with E-state index in [0.717, 1.165) is 24.2 Å². The zero-order valence-corrected chi connectivity index (χ0v) is 11.8. The van der Waals surface area contributed by atoms with Crippen molar-refractivity contribution < 1.29 is 9.53 Å². The predicted molar refractivity (Wildman–Crippen MR) is 74.3 cm³/mol. The number of pyridine rings is 1. The van der Waals surface area contributed by atoms with Crippen molar-refractivity contribution in [1.29, 1.82) is 0 Å². The minimum Gasteiger partial charge on any atom is -0.469 e. The third-order valence-electron chi connectivity index (χ3n) is 3.58. The first-order chi connectivity index (χ1) is 9.70. The lowest BCUT2D eigenvalue weighted by atomic mass is 9.98. The van der Waals surface area contributed by atoms with E-state index in [0.29, 0.717) is 17.5 Å². The molecule has 0 saturated carbocycles. The van der Waals surface area contributed by atoms with Crippen molar-refractivity contribution in [3.05, 3.63) is 35.2 Å². The minimum atomic E-state index is -0.188. The van der Waals surface area contributed by atoms with Gasteiger partial charge in [0.2, 0.25) is 0 Å². The van der Waals surface area contributed by atoms with Crippen molar-refractivity contribution in [2.24, 2.45) is 5.92 Å². The first-order valence-corrected chi connectivity index (χ1v) is 6.82. The van der Waals surface area contributed by atoms with Crippen LogP contribution in [-0.2, 0) is 22.5 Å². The fourth-order valence-electron chi connectivity index (χ4n) is 2.56. The number of hydrogen-bond donors (Lipinski definition) is 0. The third-order valence-corrected chi connectivity index (χ3v) is 3.89. The average Bonchev–Trinajstić information content (AvgIpc) is 2.84. The lowest BCUT2D eigenvalue weighted by molar-refractivity contribution is -0.146. The van der Waals surface area contributed by atoms with Crippen LogP contribution in [0.15, 0.2) is 24.4 Å². The number of fused-ring (bicyclic) bond motifs is 1. The molecule has 5 nitrogen and oxygen atoms in total. The number of carbonyl (C=O) groups is 1. The molecule has 0 spiro atoms. The molecule has 3 rings (SSSR count). The van der Waals surface area contributed by atoms with Crippen LogP contribution in [0.2, 0.25) is 5.15 Å². The highest BCUT2D eigenvalue weighted by molar-refractivity contribution is 6.30. The van der Waals surface area contributed by atoms with Crippen LogP contribution in [0.4, 0.5) is 0 Å². The summed E-state index contributed by atoms with van der Waals surface area (Å²) in [4.78, 5) is 20.4. The van der Waals surface area contributed by atoms with Crippen LogP contribution < -0.4 is 0 Å². The maximum absolute atomic E-state index is 11.7. The Hall–Kier alpha value is -1.88. The molecule has 0 N–H and O–H groups in total. The highest BCUT2D eigenvalue weighted by Gasteiger charge is 2.29. The van der Waals surface area contributed by atoms with Crippen molar-refractivity contribution in [1.82, 2.24) is 14.5 Å². The second-order valence-corrected chi connectivity index (χ2v) is 5.12. The Labute approximate surface area is 121 Å². The number of esters is 1. The van der Waals surface area contributed by atoms with Gasteiger partial charge in [-0.15, -0.1) is 0 Å². The van der Waals surface area contributed by atoms with Gasteiger partial charge in [-0.2, -0.15) is 0 Å². The van der Waals surface area contributed by atoms with E-state index in [1.807, 2.05) is 22.8 Å². The van der Waals surface area contributed by atoms with Crippen LogP contribution in [0.3, 0.4) is 0 Å². The highest BCUT2D eigenvalue weighted by Crippen LogP contribution is 2.31. The van der Waals surface area contributed by atoms with E-state index in [1.54, 1.807) is 6.20 Å². The molecule has 0 saturated heterocycles. The van der Waals surface area contributed by atoms with Crippen molar-refractivity contribution >= 4 is 17.6 Å². The largest absolute Gasteiger partial charge is 0.469 e. The van der Waals surface area contributed by atoms with Gasteiger partial charge in [-0.05, 0) is 25.0 Å². The summed E-state index contributed by atoms with van der Waals surface area (Å²) >= 11 is 6.20. The van der Waals surface area contributed by atoms with Crippen molar-refractivity contribution in [2.45, 2.75) is 19.4 Å². The summed E-state index contributed by atoms with van der Waals surface area (Å²) < 4.78 is 6.82. The van der Waals surface area contributed by atoms with Crippen LogP contribution in [0.5, 0.6) is 0 Å². The maximum Gasteiger partial charge on any atom is 0.310 e. The van der Waals surface area contributed by atoms with E-state index in [-0.39, 0.29) is 11.9 Å². The van der Waals surface area contributed by atoms with Crippen LogP contribution in [0.25, 0.3) is 11.5 Å². The number of imidazole rings is 1. The number of hydrogen-bond acceptors (Lipinski definition) is 4. The Morgan fingerprint density at radius 2 is 2.35 bits per heavy atom. The molecule has 104 valence electrons. The monoisotopic (exact) mass is 291 g/mol. The SMILES string of the molecule is COC(=O)C1CCc2c(Cl)nc(-c3ccccn3)n2C1. The lowest BCUT2D eigenvalue weighted by Gasteiger charge is -2.23. The van der Waals surface area contributed by atoms with Gasteiger partial charge in [0.05, 0.1) is 18.7 Å². The number of carbonyl (C=O) groups excluding carboxylic acids is 1. The van der Waals surface area contributed by atoms with Gasteiger partial charge in [-0.1, -0.05) is 17.7 Å². The molecule has 0 amide bonds. The molecule has 0 bridgehead atoms. The molecule has 1 atom stereocenters. The van der Waals surface area contributed by atoms with E-state index in [4.69, 9.17) is 16.3 Å². The molecule has 2 aromatic rings. The molecule has 3 heterocycles. The van der Waals surface area contributed by atoms with Crippen LogP contribution in [0, 0.1) is 5.92 Å². The van der Waals surface area contributed by atoms with Gasteiger partial charge in [0, 0.05) is 12.7 Å². The van der Waals surface area contributed by atoms with Crippen molar-refractivity contribution in [3.8, 4) is 11.5 Å². The number of halogens is 1. The summed E-state index contributed by atoms with van der Waals surface area (Å²) in [6.45, 7) is 0.535. The molecule has 0 fully saturated rings. The van der Waals surface area contributed by atoms with E-state index in [9.17, 15) is 4.79 Å². The summed E-state index contributed by atoms with van der Waals surface area (Å²) in [7, 11) is 1.42. The zero-order valence-electron chi connectivity index (χ0n) is 11.0. The first kappa shape index (κ1) is 13.1. The summed E-state index contributed by atoms with van der Waals surface area (Å²) in [5.41, 5.74) is 1.72.